The molecule has 1 aliphatic heterocycles. The van der Waals surface area contributed by atoms with Crippen LogP contribution < -0.4 is 0 Å². The van der Waals surface area contributed by atoms with Gasteiger partial charge in [-0.05, 0) is 43.2 Å². The predicted molar refractivity (Wildman–Crippen MR) is 125 cm³/mol. The van der Waals surface area contributed by atoms with Gasteiger partial charge in [-0.3, -0.25) is 9.59 Å². The van der Waals surface area contributed by atoms with Crippen LogP contribution in [0, 0.1) is 13.8 Å². The molecule has 0 saturated carbocycles. The number of benzene rings is 2. The van der Waals surface area contributed by atoms with Crippen LogP contribution in [0.25, 0.3) is 11.8 Å². The average Bonchev–Trinajstić information content (AvgIpc) is 3.07. The number of carbonyl (C=O) groups excluding carboxylic acids is 2. The van der Waals surface area contributed by atoms with Crippen molar-refractivity contribution in [3.63, 3.8) is 0 Å². The van der Waals surface area contributed by atoms with Crippen molar-refractivity contribution in [3.8, 4) is 5.69 Å². The molecule has 0 spiro atoms. The van der Waals surface area contributed by atoms with Gasteiger partial charge in [0.1, 0.15) is 0 Å². The Morgan fingerprint density at radius 2 is 1.72 bits per heavy atom. The monoisotopic (exact) mass is 428 g/mol. The SMILES string of the molecule is CC(=O)N1C=Cc2ccccc2C1CC(=O)N(C)Cc1c(C)nn(-c2ccccc2)c1C. The zero-order valence-corrected chi connectivity index (χ0v) is 18.9. The van der Waals surface area contributed by atoms with E-state index in [0.29, 0.717) is 6.54 Å². The first-order valence-corrected chi connectivity index (χ1v) is 10.8. The molecule has 4 rings (SSSR count). The van der Waals surface area contributed by atoms with E-state index in [1.807, 2.05) is 86.3 Å². The minimum absolute atomic E-state index is 0.0161. The maximum atomic E-state index is 13.2. The second-order valence-electron chi connectivity index (χ2n) is 8.24. The van der Waals surface area contributed by atoms with E-state index in [1.54, 1.807) is 16.0 Å². The van der Waals surface area contributed by atoms with E-state index in [4.69, 9.17) is 5.10 Å². The molecule has 0 bridgehead atoms. The lowest BCUT2D eigenvalue weighted by Gasteiger charge is -2.33. The Bertz CT molecular complexity index is 1180. The fraction of sp³-hybridized carbons (Fsp3) is 0.269. The molecule has 1 aromatic heterocycles. The largest absolute Gasteiger partial charge is 0.341 e. The van der Waals surface area contributed by atoms with Crippen LogP contribution in [0.1, 0.15) is 47.5 Å². The molecule has 164 valence electrons. The lowest BCUT2D eigenvalue weighted by atomic mass is 9.93. The number of nitrogens with zero attached hydrogens (tertiary/aromatic N) is 4. The van der Waals surface area contributed by atoms with E-state index in [0.717, 1.165) is 33.8 Å². The first kappa shape index (κ1) is 21.6. The highest BCUT2D eigenvalue weighted by atomic mass is 16.2. The first-order valence-electron chi connectivity index (χ1n) is 10.8. The molecular weight excluding hydrogens is 400 g/mol. The van der Waals surface area contributed by atoms with Gasteiger partial charge in [0.25, 0.3) is 0 Å². The summed E-state index contributed by atoms with van der Waals surface area (Å²) in [4.78, 5) is 28.8. The number of carbonyl (C=O) groups is 2. The summed E-state index contributed by atoms with van der Waals surface area (Å²) in [6.45, 7) is 6.00. The number of hydrogen-bond donors (Lipinski definition) is 0. The molecular formula is C26H28N4O2. The third-order valence-electron chi connectivity index (χ3n) is 6.10. The smallest absolute Gasteiger partial charge is 0.225 e. The number of aryl methyl sites for hydroxylation is 1. The fourth-order valence-corrected chi connectivity index (χ4v) is 4.28. The van der Waals surface area contributed by atoms with E-state index in [1.165, 1.54) is 6.92 Å². The summed E-state index contributed by atoms with van der Waals surface area (Å²) in [5.74, 6) is -0.0929. The molecule has 0 aliphatic carbocycles. The van der Waals surface area contributed by atoms with E-state index in [2.05, 4.69) is 0 Å². The molecule has 0 radical (unpaired) electrons. The number of aromatic nitrogens is 2. The third-order valence-corrected chi connectivity index (χ3v) is 6.10. The zero-order valence-electron chi connectivity index (χ0n) is 18.9. The van der Waals surface area contributed by atoms with Crippen LogP contribution in [0.15, 0.2) is 60.8 Å². The lowest BCUT2D eigenvalue weighted by Crippen LogP contribution is -2.36. The van der Waals surface area contributed by atoms with Gasteiger partial charge in [0, 0.05) is 38.0 Å². The molecule has 1 atom stereocenters. The van der Waals surface area contributed by atoms with Gasteiger partial charge in [-0.1, -0.05) is 42.5 Å². The summed E-state index contributed by atoms with van der Waals surface area (Å²) in [5.41, 5.74) is 6.00. The van der Waals surface area contributed by atoms with Crippen molar-refractivity contribution in [1.82, 2.24) is 19.6 Å². The summed E-state index contributed by atoms with van der Waals surface area (Å²) >= 11 is 0. The van der Waals surface area contributed by atoms with E-state index < -0.39 is 0 Å². The average molecular weight is 429 g/mol. The quantitative estimate of drug-likeness (QED) is 0.605. The second kappa shape index (κ2) is 8.83. The number of amides is 2. The van der Waals surface area contributed by atoms with Crippen molar-refractivity contribution in [2.45, 2.75) is 39.8 Å². The normalized spacial score (nSPS) is 14.9. The summed E-state index contributed by atoms with van der Waals surface area (Å²) in [6.07, 6.45) is 3.93. The first-order chi connectivity index (χ1) is 15.4. The van der Waals surface area contributed by atoms with Gasteiger partial charge in [-0.25, -0.2) is 4.68 Å². The van der Waals surface area contributed by atoms with Gasteiger partial charge in [-0.15, -0.1) is 0 Å². The maximum absolute atomic E-state index is 13.2. The van der Waals surface area contributed by atoms with Crippen LogP contribution in [0.5, 0.6) is 0 Å². The number of para-hydroxylation sites is 1. The van der Waals surface area contributed by atoms with Crippen molar-refractivity contribution in [2.24, 2.45) is 0 Å². The van der Waals surface area contributed by atoms with Crippen LogP contribution >= 0.6 is 0 Å². The van der Waals surface area contributed by atoms with Gasteiger partial charge in [0.05, 0.1) is 23.8 Å². The summed E-state index contributed by atoms with van der Waals surface area (Å²) < 4.78 is 1.92. The van der Waals surface area contributed by atoms with Gasteiger partial charge >= 0.3 is 0 Å². The Labute approximate surface area is 188 Å². The molecule has 0 saturated heterocycles. The van der Waals surface area contributed by atoms with Gasteiger partial charge in [0.2, 0.25) is 11.8 Å². The third kappa shape index (κ3) is 4.08. The van der Waals surface area contributed by atoms with Crippen LogP contribution in [-0.4, -0.2) is 38.4 Å². The molecule has 2 heterocycles. The maximum Gasteiger partial charge on any atom is 0.225 e. The Kier molecular flexibility index (Phi) is 5.95. The molecule has 2 aromatic carbocycles. The summed E-state index contributed by atoms with van der Waals surface area (Å²) in [7, 11) is 1.81. The minimum Gasteiger partial charge on any atom is -0.341 e. The fourth-order valence-electron chi connectivity index (χ4n) is 4.28. The summed E-state index contributed by atoms with van der Waals surface area (Å²) in [6, 6.07) is 17.6. The standard InChI is InChI=1S/C26H28N4O2/c1-18-24(19(2)30(27-18)22-11-6-5-7-12-22)17-28(4)26(32)16-25-23-13-9-8-10-21(23)14-15-29(25)20(3)31/h5-15,25H,16-17H2,1-4H3. The molecule has 0 N–H and O–H groups in total. The predicted octanol–water partition coefficient (Wildman–Crippen LogP) is 4.41. The summed E-state index contributed by atoms with van der Waals surface area (Å²) in [5, 5.41) is 4.69. The Balaban J connectivity index is 1.54. The molecule has 3 aromatic rings. The van der Waals surface area contributed by atoms with Gasteiger partial charge in [-0.2, -0.15) is 5.10 Å². The highest BCUT2D eigenvalue weighted by molar-refractivity contribution is 5.81. The Hall–Kier alpha value is -3.67. The number of rotatable bonds is 5. The van der Waals surface area contributed by atoms with E-state index in [9.17, 15) is 9.59 Å². The zero-order chi connectivity index (χ0) is 22.8. The van der Waals surface area contributed by atoms with Crippen molar-refractivity contribution >= 4 is 17.9 Å². The lowest BCUT2D eigenvalue weighted by molar-refractivity contribution is -0.134. The highest BCUT2D eigenvalue weighted by Gasteiger charge is 2.29. The second-order valence-corrected chi connectivity index (χ2v) is 8.24. The van der Waals surface area contributed by atoms with Crippen molar-refractivity contribution in [3.05, 3.63) is 88.9 Å². The molecule has 1 aliphatic rings. The van der Waals surface area contributed by atoms with Gasteiger partial charge < -0.3 is 9.80 Å². The van der Waals surface area contributed by atoms with E-state index >= 15 is 0 Å². The van der Waals surface area contributed by atoms with Gasteiger partial charge in [0.15, 0.2) is 0 Å². The van der Waals surface area contributed by atoms with Crippen molar-refractivity contribution in [2.75, 3.05) is 7.05 Å². The Morgan fingerprint density at radius 1 is 1.03 bits per heavy atom. The van der Waals surface area contributed by atoms with Crippen LogP contribution in [-0.2, 0) is 16.1 Å². The molecule has 0 fully saturated rings. The van der Waals surface area contributed by atoms with Crippen LogP contribution in [0.3, 0.4) is 0 Å². The minimum atomic E-state index is -0.308. The molecule has 2 amide bonds. The van der Waals surface area contributed by atoms with Crippen LogP contribution in [0.4, 0.5) is 0 Å². The van der Waals surface area contributed by atoms with Crippen LogP contribution in [0.2, 0.25) is 0 Å². The van der Waals surface area contributed by atoms with Crippen molar-refractivity contribution in [1.29, 1.82) is 0 Å². The topological polar surface area (TPSA) is 58.4 Å². The molecule has 1 unspecified atom stereocenters. The number of fused-ring (bicyclic) bond motifs is 1. The molecule has 32 heavy (non-hydrogen) atoms. The molecule has 6 nitrogen and oxygen atoms in total. The highest BCUT2D eigenvalue weighted by Crippen LogP contribution is 2.33. The van der Waals surface area contributed by atoms with Crippen molar-refractivity contribution < 1.29 is 9.59 Å². The van der Waals surface area contributed by atoms with E-state index in [-0.39, 0.29) is 24.3 Å². The Morgan fingerprint density at radius 3 is 2.44 bits per heavy atom. The number of hydrogen-bond acceptors (Lipinski definition) is 3. The molecule has 6 heteroatoms.